The van der Waals surface area contributed by atoms with Crippen molar-refractivity contribution in [3.05, 3.63) is 95.8 Å². The molecule has 2 amide bonds. The Hall–Kier alpha value is -5.10. The molecule has 0 radical (unpaired) electrons. The number of halogens is 2. The first-order valence-electron chi connectivity index (χ1n) is 16.4. The van der Waals surface area contributed by atoms with Gasteiger partial charge in [-0.15, -0.1) is 0 Å². The van der Waals surface area contributed by atoms with E-state index in [4.69, 9.17) is 9.72 Å². The van der Waals surface area contributed by atoms with Crippen LogP contribution in [0, 0.1) is 11.6 Å². The number of hydrogen-bond donors (Lipinski definition) is 3. The van der Waals surface area contributed by atoms with Gasteiger partial charge >= 0.3 is 6.09 Å². The van der Waals surface area contributed by atoms with E-state index in [1.165, 1.54) is 24.3 Å². The molecule has 3 N–H and O–H groups in total. The highest BCUT2D eigenvalue weighted by molar-refractivity contribution is 5.90. The molecule has 0 aliphatic carbocycles. The molecule has 4 aromatic rings. The first kappa shape index (κ1) is 35.2. The lowest BCUT2D eigenvalue weighted by atomic mass is 9.97. The standard InChI is InChI=1S/C37H42F2N6O4/c1-5-6-10-32(47)40-29-15-11-25(12-16-29)22-37(24-46,43-35(48)49-36(2,3)4)44-19-20-45-31(23-44)42-33(26-8-7-9-28(39)21-26)34(45)41-30-17-13-27(38)14-18-30/h7-9,11-18,21,24,41H,5-6,10,19-20,22-23H2,1-4H3,(H,40,47)(H,43,48)/t37-/m0/s1. The summed E-state index contributed by atoms with van der Waals surface area (Å²) < 4.78 is 35.6. The third-order valence-corrected chi connectivity index (χ3v) is 8.12. The molecule has 258 valence electrons. The second-order valence-corrected chi connectivity index (χ2v) is 13.1. The van der Waals surface area contributed by atoms with Gasteiger partial charge in [-0.2, -0.15) is 0 Å². The van der Waals surface area contributed by atoms with Crippen LogP contribution in [0.5, 0.6) is 0 Å². The van der Waals surface area contributed by atoms with E-state index in [0.717, 1.165) is 18.4 Å². The first-order chi connectivity index (χ1) is 23.4. The number of alkyl carbamates (subject to hydrolysis) is 1. The Labute approximate surface area is 284 Å². The van der Waals surface area contributed by atoms with Crippen LogP contribution in [-0.4, -0.2) is 50.5 Å². The van der Waals surface area contributed by atoms with Gasteiger partial charge < -0.3 is 19.9 Å². The van der Waals surface area contributed by atoms with E-state index in [-0.39, 0.29) is 24.7 Å². The van der Waals surface area contributed by atoms with E-state index >= 15 is 0 Å². The highest BCUT2D eigenvalue weighted by Gasteiger charge is 2.42. The minimum atomic E-state index is -1.53. The molecule has 2 heterocycles. The average Bonchev–Trinajstić information content (AvgIpc) is 3.42. The largest absolute Gasteiger partial charge is 0.444 e. The van der Waals surface area contributed by atoms with Crippen molar-refractivity contribution >= 4 is 35.5 Å². The van der Waals surface area contributed by atoms with Crippen LogP contribution in [0.15, 0.2) is 72.8 Å². The predicted molar refractivity (Wildman–Crippen MR) is 184 cm³/mol. The molecule has 0 spiro atoms. The lowest BCUT2D eigenvalue weighted by Crippen LogP contribution is -2.65. The number of amides is 2. The van der Waals surface area contributed by atoms with Crippen LogP contribution in [0.25, 0.3) is 11.3 Å². The fraction of sp³-hybridized carbons (Fsp3) is 0.351. The Balaban J connectivity index is 1.48. The molecule has 0 bridgehead atoms. The molecule has 0 unspecified atom stereocenters. The van der Waals surface area contributed by atoms with Gasteiger partial charge in [0.1, 0.15) is 34.6 Å². The number of fused-ring (bicyclic) bond motifs is 1. The molecule has 0 saturated carbocycles. The number of anilines is 3. The Bertz CT molecular complexity index is 1790. The molecule has 1 atom stereocenters. The quantitative estimate of drug-likeness (QED) is 0.137. The number of carbonyl (C=O) groups is 3. The third-order valence-electron chi connectivity index (χ3n) is 8.12. The van der Waals surface area contributed by atoms with Crippen LogP contribution in [0.4, 0.5) is 30.8 Å². The molecule has 3 aromatic carbocycles. The van der Waals surface area contributed by atoms with Gasteiger partial charge in [0.05, 0.1) is 6.54 Å². The summed E-state index contributed by atoms with van der Waals surface area (Å²) in [7, 11) is 0. The molecule has 1 aliphatic heterocycles. The topological polar surface area (TPSA) is 118 Å². The van der Waals surface area contributed by atoms with Crippen LogP contribution in [0.3, 0.4) is 0 Å². The zero-order valence-corrected chi connectivity index (χ0v) is 28.2. The number of nitrogens with one attached hydrogen (secondary N) is 3. The number of aromatic nitrogens is 2. The first-order valence-corrected chi connectivity index (χ1v) is 16.4. The second-order valence-electron chi connectivity index (χ2n) is 13.1. The van der Waals surface area contributed by atoms with Crippen molar-refractivity contribution in [2.24, 2.45) is 0 Å². The van der Waals surface area contributed by atoms with Gasteiger partial charge in [0.2, 0.25) is 5.91 Å². The van der Waals surface area contributed by atoms with Gasteiger partial charge in [-0.3, -0.25) is 19.8 Å². The minimum absolute atomic E-state index is 0.0712. The Kier molecular flexibility index (Phi) is 10.8. The minimum Gasteiger partial charge on any atom is -0.444 e. The number of imidazole rings is 1. The molecule has 10 nitrogen and oxygen atoms in total. The molecule has 0 fully saturated rings. The van der Waals surface area contributed by atoms with Crippen molar-refractivity contribution in [2.75, 3.05) is 17.2 Å². The maximum atomic E-state index is 14.4. The number of nitrogens with zero attached hydrogens (tertiary/aromatic N) is 3. The predicted octanol–water partition coefficient (Wildman–Crippen LogP) is 7.18. The van der Waals surface area contributed by atoms with E-state index in [0.29, 0.717) is 60.1 Å². The lowest BCUT2D eigenvalue weighted by molar-refractivity contribution is -0.122. The van der Waals surface area contributed by atoms with E-state index in [2.05, 4.69) is 16.0 Å². The van der Waals surface area contributed by atoms with Crippen molar-refractivity contribution in [3.8, 4) is 11.3 Å². The van der Waals surface area contributed by atoms with E-state index in [9.17, 15) is 23.2 Å². The maximum Gasteiger partial charge on any atom is 0.409 e. The Morgan fingerprint density at radius 1 is 0.959 bits per heavy atom. The summed E-state index contributed by atoms with van der Waals surface area (Å²) in [5.74, 6) is 0.276. The van der Waals surface area contributed by atoms with Crippen LogP contribution < -0.4 is 16.0 Å². The smallest absolute Gasteiger partial charge is 0.409 e. The summed E-state index contributed by atoms with van der Waals surface area (Å²) in [6, 6.07) is 19.1. The Morgan fingerprint density at radius 3 is 2.33 bits per heavy atom. The van der Waals surface area contributed by atoms with Crippen molar-refractivity contribution < 1.29 is 27.9 Å². The van der Waals surface area contributed by atoms with Crippen LogP contribution in [0.1, 0.15) is 58.3 Å². The van der Waals surface area contributed by atoms with Crippen molar-refractivity contribution in [3.63, 3.8) is 0 Å². The molecule has 49 heavy (non-hydrogen) atoms. The number of unbranched alkanes of at least 4 members (excludes halogenated alkanes) is 1. The summed E-state index contributed by atoms with van der Waals surface area (Å²) >= 11 is 0. The molecule has 12 heteroatoms. The van der Waals surface area contributed by atoms with E-state index in [1.54, 1.807) is 57.2 Å². The summed E-state index contributed by atoms with van der Waals surface area (Å²) in [4.78, 5) is 45.4. The summed E-state index contributed by atoms with van der Waals surface area (Å²) in [5, 5.41) is 9.07. The molecular weight excluding hydrogens is 630 g/mol. The number of benzene rings is 3. The lowest BCUT2D eigenvalue weighted by Gasteiger charge is -2.42. The van der Waals surface area contributed by atoms with Crippen molar-refractivity contribution in [1.82, 2.24) is 19.8 Å². The molecule has 1 aromatic heterocycles. The number of carbonyl (C=O) groups excluding carboxylic acids is 3. The molecule has 5 rings (SSSR count). The number of rotatable bonds is 12. The fourth-order valence-electron chi connectivity index (χ4n) is 5.74. The van der Waals surface area contributed by atoms with Gasteiger partial charge in [-0.05, 0) is 81.3 Å². The fourth-order valence-corrected chi connectivity index (χ4v) is 5.74. The molecule has 1 aliphatic rings. The van der Waals surface area contributed by atoms with E-state index < -0.39 is 23.2 Å². The van der Waals surface area contributed by atoms with Crippen molar-refractivity contribution in [2.45, 2.75) is 77.7 Å². The van der Waals surface area contributed by atoms with Crippen molar-refractivity contribution in [1.29, 1.82) is 0 Å². The van der Waals surface area contributed by atoms with Gasteiger partial charge in [-0.25, -0.2) is 18.6 Å². The normalized spacial score (nSPS) is 14.3. The van der Waals surface area contributed by atoms with Gasteiger partial charge in [0.25, 0.3) is 0 Å². The summed E-state index contributed by atoms with van der Waals surface area (Å²) in [5.41, 5.74) is 0.658. The average molecular weight is 673 g/mol. The Morgan fingerprint density at radius 2 is 1.67 bits per heavy atom. The summed E-state index contributed by atoms with van der Waals surface area (Å²) in [6.07, 6.45) is 2.19. The van der Waals surface area contributed by atoms with Crippen LogP contribution >= 0.6 is 0 Å². The van der Waals surface area contributed by atoms with Gasteiger partial charge in [0.15, 0.2) is 11.9 Å². The monoisotopic (exact) mass is 672 g/mol. The van der Waals surface area contributed by atoms with E-state index in [1.807, 2.05) is 28.5 Å². The number of ether oxygens (including phenoxy) is 1. The number of aldehydes is 1. The van der Waals surface area contributed by atoms with Gasteiger partial charge in [-0.1, -0.05) is 37.6 Å². The molecular formula is C37H42F2N6O4. The zero-order chi connectivity index (χ0) is 35.2. The highest BCUT2D eigenvalue weighted by atomic mass is 19.1. The summed E-state index contributed by atoms with van der Waals surface area (Å²) in [6.45, 7) is 8.07. The third kappa shape index (κ3) is 8.88. The van der Waals surface area contributed by atoms with Gasteiger partial charge in [0, 0.05) is 42.9 Å². The second kappa shape index (κ2) is 15.0. The number of hydrogen-bond acceptors (Lipinski definition) is 7. The van der Waals surface area contributed by atoms with Crippen LogP contribution in [0.2, 0.25) is 0 Å². The highest BCUT2D eigenvalue weighted by Crippen LogP contribution is 2.35. The SMILES string of the molecule is CCCCC(=O)Nc1ccc(C[C@](C=O)(NC(=O)OC(C)(C)C)N2CCn3c(nc(-c4cccc(F)c4)c3Nc3ccc(F)cc3)C2)cc1. The molecule has 0 saturated heterocycles. The van der Waals surface area contributed by atoms with Crippen LogP contribution in [-0.2, 0) is 33.8 Å². The maximum absolute atomic E-state index is 14.4. The zero-order valence-electron chi connectivity index (χ0n) is 28.2.